The Morgan fingerprint density at radius 1 is 1.39 bits per heavy atom. The predicted octanol–water partition coefficient (Wildman–Crippen LogP) is 4.52. The summed E-state index contributed by atoms with van der Waals surface area (Å²) in [7, 11) is 1.93. The third-order valence-corrected chi connectivity index (χ3v) is 4.59. The van der Waals surface area contributed by atoms with Crippen LogP contribution in [-0.4, -0.2) is 9.78 Å². The van der Waals surface area contributed by atoms with E-state index in [2.05, 4.69) is 42.3 Å². The number of aromatic nitrogens is 2. The third-order valence-electron chi connectivity index (χ3n) is 2.64. The van der Waals surface area contributed by atoms with E-state index in [1.54, 1.807) is 0 Å². The fourth-order valence-electron chi connectivity index (χ4n) is 1.68. The van der Waals surface area contributed by atoms with Gasteiger partial charge in [0.15, 0.2) is 0 Å². The molecule has 1 N–H and O–H groups in total. The van der Waals surface area contributed by atoms with E-state index in [1.807, 2.05) is 36.9 Å². The fraction of sp³-hybridized carbons (Fsp3) is 0.250. The van der Waals surface area contributed by atoms with E-state index < -0.39 is 0 Å². The Morgan fingerprint density at radius 2 is 2.11 bits per heavy atom. The molecule has 0 radical (unpaired) electrons. The van der Waals surface area contributed by atoms with Gasteiger partial charge >= 0.3 is 0 Å². The molecule has 0 bridgehead atoms. The Bertz CT molecular complexity index is 581. The van der Waals surface area contributed by atoms with Gasteiger partial charge in [0, 0.05) is 16.5 Å². The average molecular weight is 394 g/mol. The summed E-state index contributed by atoms with van der Waals surface area (Å²) in [6.07, 6.45) is 0. The van der Waals surface area contributed by atoms with Gasteiger partial charge in [0.05, 0.1) is 28.1 Å². The van der Waals surface area contributed by atoms with Crippen LogP contribution in [0.2, 0.25) is 5.02 Å². The van der Waals surface area contributed by atoms with E-state index in [4.69, 9.17) is 11.6 Å². The average Bonchev–Trinajstić information content (AvgIpc) is 2.55. The van der Waals surface area contributed by atoms with E-state index in [0.29, 0.717) is 11.6 Å². The first-order valence-electron chi connectivity index (χ1n) is 5.36. The first-order valence-corrected chi connectivity index (χ1v) is 7.32. The number of anilines is 1. The molecule has 1 heterocycles. The van der Waals surface area contributed by atoms with Crippen molar-refractivity contribution in [3.63, 3.8) is 0 Å². The number of benzene rings is 1. The van der Waals surface area contributed by atoms with Crippen LogP contribution in [0.3, 0.4) is 0 Å². The number of rotatable bonds is 3. The molecule has 0 aliphatic heterocycles. The van der Waals surface area contributed by atoms with E-state index in [0.717, 1.165) is 26.0 Å². The molecule has 3 nitrogen and oxygen atoms in total. The Kier molecular flexibility index (Phi) is 4.35. The van der Waals surface area contributed by atoms with Crippen molar-refractivity contribution in [3.05, 3.63) is 43.6 Å². The van der Waals surface area contributed by atoms with Crippen molar-refractivity contribution in [1.29, 1.82) is 0 Å². The number of hydrogen-bond acceptors (Lipinski definition) is 2. The monoisotopic (exact) mass is 391 g/mol. The van der Waals surface area contributed by atoms with Crippen molar-refractivity contribution in [2.45, 2.75) is 13.5 Å². The summed E-state index contributed by atoms with van der Waals surface area (Å²) in [5, 5.41) is 8.41. The predicted molar refractivity (Wildman–Crippen MR) is 82.1 cm³/mol. The lowest BCUT2D eigenvalue weighted by Gasteiger charge is -2.09. The molecule has 2 rings (SSSR count). The van der Waals surface area contributed by atoms with Crippen LogP contribution in [0.1, 0.15) is 11.4 Å². The largest absolute Gasteiger partial charge is 0.378 e. The van der Waals surface area contributed by atoms with Gasteiger partial charge in [-0.25, -0.2) is 0 Å². The van der Waals surface area contributed by atoms with Crippen LogP contribution >= 0.6 is 43.5 Å². The first-order chi connectivity index (χ1) is 8.49. The fourth-order valence-corrected chi connectivity index (χ4v) is 2.72. The maximum Gasteiger partial charge on any atom is 0.0739 e. The van der Waals surface area contributed by atoms with Gasteiger partial charge in [0.1, 0.15) is 0 Å². The highest BCUT2D eigenvalue weighted by Gasteiger charge is 2.10. The first kappa shape index (κ1) is 13.9. The number of nitrogens with zero attached hydrogens (tertiary/aromatic N) is 2. The SMILES string of the molecule is Cc1nn(C)c(CNc2cc(Cl)ccc2Br)c1Br. The third kappa shape index (κ3) is 2.90. The highest BCUT2D eigenvalue weighted by atomic mass is 79.9. The summed E-state index contributed by atoms with van der Waals surface area (Å²) >= 11 is 13.0. The lowest BCUT2D eigenvalue weighted by molar-refractivity contribution is 0.712. The molecule has 1 aromatic heterocycles. The van der Waals surface area contributed by atoms with Crippen LogP contribution < -0.4 is 5.32 Å². The summed E-state index contributed by atoms with van der Waals surface area (Å²) in [4.78, 5) is 0. The maximum absolute atomic E-state index is 5.98. The molecular weight excluding hydrogens is 381 g/mol. The number of nitrogens with one attached hydrogen (secondary N) is 1. The van der Waals surface area contributed by atoms with Gasteiger partial charge < -0.3 is 5.32 Å². The topological polar surface area (TPSA) is 29.9 Å². The van der Waals surface area contributed by atoms with Crippen LogP contribution in [0.4, 0.5) is 5.69 Å². The summed E-state index contributed by atoms with van der Waals surface area (Å²) in [5.41, 5.74) is 3.05. The van der Waals surface area contributed by atoms with Crippen molar-refractivity contribution in [2.24, 2.45) is 7.05 Å². The molecule has 0 spiro atoms. The molecule has 18 heavy (non-hydrogen) atoms. The molecule has 1 aromatic carbocycles. The Balaban J connectivity index is 2.19. The summed E-state index contributed by atoms with van der Waals surface area (Å²) in [6, 6.07) is 5.66. The molecule has 6 heteroatoms. The molecular formula is C12H12Br2ClN3. The standard InChI is InChI=1S/C12H12Br2ClN3/c1-7-12(14)11(18(2)17-7)6-16-10-5-8(15)3-4-9(10)13/h3-5,16H,6H2,1-2H3. The summed E-state index contributed by atoms with van der Waals surface area (Å²) in [6.45, 7) is 2.65. The lowest BCUT2D eigenvalue weighted by Crippen LogP contribution is -2.06. The van der Waals surface area contributed by atoms with Gasteiger partial charge in [-0.05, 0) is 57.0 Å². The second kappa shape index (κ2) is 5.63. The summed E-state index contributed by atoms with van der Waals surface area (Å²) in [5.74, 6) is 0. The minimum atomic E-state index is 0.677. The lowest BCUT2D eigenvalue weighted by atomic mass is 10.3. The van der Waals surface area contributed by atoms with Crippen molar-refractivity contribution >= 4 is 49.1 Å². The molecule has 0 unspecified atom stereocenters. The molecule has 0 saturated heterocycles. The highest BCUT2D eigenvalue weighted by Crippen LogP contribution is 2.27. The molecule has 0 amide bonds. The van der Waals surface area contributed by atoms with Crippen LogP contribution in [0, 0.1) is 6.92 Å². The van der Waals surface area contributed by atoms with Crippen LogP contribution in [0.15, 0.2) is 27.1 Å². The molecule has 2 aromatic rings. The molecule has 0 atom stereocenters. The molecule has 0 aliphatic carbocycles. The van der Waals surface area contributed by atoms with Gasteiger partial charge in [0.25, 0.3) is 0 Å². The van der Waals surface area contributed by atoms with Crippen molar-refractivity contribution in [3.8, 4) is 0 Å². The molecule has 96 valence electrons. The summed E-state index contributed by atoms with van der Waals surface area (Å²) < 4.78 is 3.89. The van der Waals surface area contributed by atoms with Crippen LogP contribution in [0.5, 0.6) is 0 Å². The smallest absolute Gasteiger partial charge is 0.0739 e. The van der Waals surface area contributed by atoms with E-state index in [9.17, 15) is 0 Å². The Morgan fingerprint density at radius 3 is 2.72 bits per heavy atom. The van der Waals surface area contributed by atoms with Crippen molar-refractivity contribution in [2.75, 3.05) is 5.32 Å². The number of aryl methyl sites for hydroxylation is 2. The zero-order valence-electron chi connectivity index (χ0n) is 9.97. The minimum Gasteiger partial charge on any atom is -0.378 e. The number of hydrogen-bond donors (Lipinski definition) is 1. The molecule has 0 fully saturated rings. The van der Waals surface area contributed by atoms with Gasteiger partial charge in [-0.15, -0.1) is 0 Å². The van der Waals surface area contributed by atoms with Crippen LogP contribution in [-0.2, 0) is 13.6 Å². The maximum atomic E-state index is 5.98. The van der Waals surface area contributed by atoms with Gasteiger partial charge in [-0.2, -0.15) is 5.10 Å². The quantitative estimate of drug-likeness (QED) is 0.831. The van der Waals surface area contributed by atoms with Crippen LogP contribution in [0.25, 0.3) is 0 Å². The normalized spacial score (nSPS) is 10.7. The second-order valence-electron chi connectivity index (χ2n) is 3.95. The minimum absolute atomic E-state index is 0.677. The van der Waals surface area contributed by atoms with Crippen molar-refractivity contribution in [1.82, 2.24) is 9.78 Å². The highest BCUT2D eigenvalue weighted by molar-refractivity contribution is 9.11. The van der Waals surface area contributed by atoms with E-state index in [-0.39, 0.29) is 0 Å². The number of halogens is 3. The Hall–Kier alpha value is -0.520. The zero-order valence-corrected chi connectivity index (χ0v) is 13.9. The zero-order chi connectivity index (χ0) is 13.3. The Labute approximate surface area is 128 Å². The second-order valence-corrected chi connectivity index (χ2v) is 6.03. The molecule has 0 aliphatic rings. The van der Waals surface area contributed by atoms with Gasteiger partial charge in [-0.3, -0.25) is 4.68 Å². The van der Waals surface area contributed by atoms with Crippen molar-refractivity contribution < 1.29 is 0 Å². The van der Waals surface area contributed by atoms with Gasteiger partial charge in [-0.1, -0.05) is 11.6 Å². The molecule has 0 saturated carbocycles. The van der Waals surface area contributed by atoms with E-state index in [1.165, 1.54) is 0 Å². The van der Waals surface area contributed by atoms with Gasteiger partial charge in [0.2, 0.25) is 0 Å². The van der Waals surface area contributed by atoms with E-state index >= 15 is 0 Å².